The van der Waals surface area contributed by atoms with Gasteiger partial charge >= 0.3 is 11.9 Å². The summed E-state index contributed by atoms with van der Waals surface area (Å²) in [6.07, 6.45) is -0.0988. The second-order valence-electron chi connectivity index (χ2n) is 5.86. The van der Waals surface area contributed by atoms with Crippen molar-refractivity contribution < 1.29 is 28.6 Å². The van der Waals surface area contributed by atoms with E-state index in [1.807, 2.05) is 0 Å². The molecule has 1 fully saturated rings. The van der Waals surface area contributed by atoms with Crippen LogP contribution < -0.4 is 0 Å². The third-order valence-electron chi connectivity index (χ3n) is 4.41. The van der Waals surface area contributed by atoms with E-state index in [0.29, 0.717) is 18.4 Å². The van der Waals surface area contributed by atoms with E-state index in [1.165, 1.54) is 24.3 Å². The van der Waals surface area contributed by atoms with Crippen molar-refractivity contribution in [2.75, 3.05) is 13.2 Å². The molecular formula is C18H23FO5. The zero-order valence-corrected chi connectivity index (χ0v) is 13.9. The largest absolute Gasteiger partial charge is 0.466 e. The van der Waals surface area contributed by atoms with Gasteiger partial charge in [-0.2, -0.15) is 0 Å². The lowest BCUT2D eigenvalue weighted by Crippen LogP contribution is -2.45. The molecule has 1 aliphatic carbocycles. The second kappa shape index (κ2) is 8.24. The maximum Gasteiger partial charge on any atom is 0.310 e. The van der Waals surface area contributed by atoms with Crippen LogP contribution in [0.5, 0.6) is 0 Å². The molecule has 1 saturated carbocycles. The van der Waals surface area contributed by atoms with Gasteiger partial charge in [0.1, 0.15) is 5.82 Å². The Bertz CT molecular complexity index is 571. The number of hydrogen-bond donors (Lipinski definition) is 1. The van der Waals surface area contributed by atoms with Crippen LogP contribution in [-0.2, 0) is 19.1 Å². The number of hydrogen-bond acceptors (Lipinski definition) is 5. The van der Waals surface area contributed by atoms with Crippen LogP contribution in [0.25, 0.3) is 0 Å². The van der Waals surface area contributed by atoms with Gasteiger partial charge < -0.3 is 14.6 Å². The molecule has 0 spiro atoms. The van der Waals surface area contributed by atoms with E-state index in [0.717, 1.165) is 0 Å². The highest BCUT2D eigenvalue weighted by molar-refractivity contribution is 5.83. The molecule has 0 radical (unpaired) electrons. The second-order valence-corrected chi connectivity index (χ2v) is 5.86. The Labute approximate surface area is 140 Å². The Hall–Kier alpha value is -1.95. The molecule has 1 aromatic carbocycles. The predicted molar refractivity (Wildman–Crippen MR) is 84.6 cm³/mol. The van der Waals surface area contributed by atoms with Crippen molar-refractivity contribution in [1.29, 1.82) is 0 Å². The van der Waals surface area contributed by atoms with E-state index in [1.54, 1.807) is 13.8 Å². The molecular weight excluding hydrogens is 315 g/mol. The van der Waals surface area contributed by atoms with Gasteiger partial charge in [-0.3, -0.25) is 9.59 Å². The molecule has 1 aliphatic rings. The van der Waals surface area contributed by atoms with E-state index < -0.39 is 41.6 Å². The zero-order chi connectivity index (χ0) is 17.7. The number of aliphatic hydroxyl groups is 1. The summed E-state index contributed by atoms with van der Waals surface area (Å²) in [5, 5.41) is 10.5. The van der Waals surface area contributed by atoms with Gasteiger partial charge in [-0.1, -0.05) is 12.1 Å². The van der Waals surface area contributed by atoms with Crippen molar-refractivity contribution in [1.82, 2.24) is 0 Å². The molecule has 1 N–H and O–H groups in total. The molecule has 0 saturated heterocycles. The fraction of sp³-hybridized carbons (Fsp3) is 0.556. The van der Waals surface area contributed by atoms with Gasteiger partial charge in [0.05, 0.1) is 31.2 Å². The van der Waals surface area contributed by atoms with Crippen LogP contribution in [0.1, 0.15) is 38.2 Å². The summed E-state index contributed by atoms with van der Waals surface area (Å²) in [6, 6.07) is 5.61. The summed E-state index contributed by atoms with van der Waals surface area (Å²) in [5.74, 6) is -3.56. The number of rotatable bonds is 5. The highest BCUT2D eigenvalue weighted by atomic mass is 19.1. The average molecular weight is 338 g/mol. The third-order valence-corrected chi connectivity index (χ3v) is 4.41. The Morgan fingerprint density at radius 1 is 1.08 bits per heavy atom. The van der Waals surface area contributed by atoms with E-state index in [9.17, 15) is 19.1 Å². The van der Waals surface area contributed by atoms with Gasteiger partial charge in [-0.05, 0) is 44.4 Å². The Morgan fingerprint density at radius 3 is 2.25 bits per heavy atom. The van der Waals surface area contributed by atoms with Crippen LogP contribution in [0, 0.1) is 17.7 Å². The molecule has 1 aromatic rings. The van der Waals surface area contributed by atoms with Crippen molar-refractivity contribution in [2.45, 2.75) is 38.7 Å². The fourth-order valence-corrected chi connectivity index (χ4v) is 3.38. The standard InChI is InChI=1S/C18H23FO5/c1-3-23-17(21)13-9-10-14(20)15(16(13)18(22)24-4-2)11-5-7-12(19)8-6-11/h5-8,13-16,20H,3-4,9-10H2,1-2H3/t13-,14+,15-,16-/m1/s1. The number of carbonyl (C=O) groups excluding carboxylic acids is 2. The first-order valence-corrected chi connectivity index (χ1v) is 8.26. The summed E-state index contributed by atoms with van der Waals surface area (Å²) in [6.45, 7) is 3.78. The normalized spacial score (nSPS) is 26.7. The van der Waals surface area contributed by atoms with Crippen LogP contribution >= 0.6 is 0 Å². The maximum absolute atomic E-state index is 13.2. The lowest BCUT2D eigenvalue weighted by atomic mass is 9.67. The van der Waals surface area contributed by atoms with Crippen molar-refractivity contribution in [3.05, 3.63) is 35.6 Å². The number of halogens is 1. The summed E-state index contributed by atoms with van der Waals surface area (Å²) < 4.78 is 23.4. The van der Waals surface area contributed by atoms with E-state index in [2.05, 4.69) is 0 Å². The van der Waals surface area contributed by atoms with Crippen LogP contribution in [-0.4, -0.2) is 36.4 Å². The van der Waals surface area contributed by atoms with E-state index in [-0.39, 0.29) is 13.2 Å². The molecule has 0 aromatic heterocycles. The highest BCUT2D eigenvalue weighted by Gasteiger charge is 2.48. The van der Waals surface area contributed by atoms with Crippen LogP contribution in [0.3, 0.4) is 0 Å². The highest BCUT2D eigenvalue weighted by Crippen LogP contribution is 2.43. The Kier molecular flexibility index (Phi) is 6.31. The van der Waals surface area contributed by atoms with Gasteiger partial charge in [-0.15, -0.1) is 0 Å². The van der Waals surface area contributed by atoms with Crippen LogP contribution in [0.15, 0.2) is 24.3 Å². The molecule has 0 heterocycles. The van der Waals surface area contributed by atoms with Crippen molar-refractivity contribution in [2.24, 2.45) is 11.8 Å². The monoisotopic (exact) mass is 338 g/mol. The molecule has 0 aliphatic heterocycles. The SMILES string of the molecule is CCOC(=O)[C@H]1[C@H](c2ccc(F)cc2)[C@@H](O)CC[C@H]1C(=O)OCC. The number of ether oxygens (including phenoxy) is 2. The molecule has 132 valence electrons. The molecule has 0 bridgehead atoms. The fourth-order valence-electron chi connectivity index (χ4n) is 3.38. The third kappa shape index (κ3) is 3.93. The predicted octanol–water partition coefficient (Wildman–Crippen LogP) is 2.42. The van der Waals surface area contributed by atoms with Gasteiger partial charge in [0, 0.05) is 5.92 Å². The van der Waals surface area contributed by atoms with Gasteiger partial charge in [0.2, 0.25) is 0 Å². The summed E-state index contributed by atoms with van der Waals surface area (Å²) in [7, 11) is 0. The lowest BCUT2D eigenvalue weighted by Gasteiger charge is -2.38. The summed E-state index contributed by atoms with van der Waals surface area (Å²) in [4.78, 5) is 24.8. The Morgan fingerprint density at radius 2 is 1.67 bits per heavy atom. The van der Waals surface area contributed by atoms with Gasteiger partial charge in [-0.25, -0.2) is 4.39 Å². The number of esters is 2. The quantitative estimate of drug-likeness (QED) is 0.835. The Balaban J connectivity index is 2.40. The van der Waals surface area contributed by atoms with E-state index >= 15 is 0 Å². The smallest absolute Gasteiger partial charge is 0.310 e. The summed E-state index contributed by atoms with van der Waals surface area (Å²) >= 11 is 0. The minimum Gasteiger partial charge on any atom is -0.466 e. The molecule has 5 nitrogen and oxygen atoms in total. The number of benzene rings is 1. The molecule has 24 heavy (non-hydrogen) atoms. The summed E-state index contributed by atoms with van der Waals surface area (Å²) in [5.41, 5.74) is 0.607. The minimum atomic E-state index is -0.849. The van der Waals surface area contributed by atoms with E-state index in [4.69, 9.17) is 9.47 Å². The van der Waals surface area contributed by atoms with Gasteiger partial charge in [0.25, 0.3) is 0 Å². The van der Waals surface area contributed by atoms with Crippen molar-refractivity contribution in [3.63, 3.8) is 0 Å². The topological polar surface area (TPSA) is 72.8 Å². The van der Waals surface area contributed by atoms with Crippen LogP contribution in [0.2, 0.25) is 0 Å². The molecule has 4 atom stereocenters. The first-order chi connectivity index (χ1) is 11.5. The zero-order valence-electron chi connectivity index (χ0n) is 13.9. The average Bonchev–Trinajstić information content (AvgIpc) is 2.56. The first kappa shape index (κ1) is 18.4. The van der Waals surface area contributed by atoms with Crippen molar-refractivity contribution in [3.8, 4) is 0 Å². The number of aliphatic hydroxyl groups excluding tert-OH is 1. The first-order valence-electron chi connectivity index (χ1n) is 8.26. The van der Waals surface area contributed by atoms with Crippen molar-refractivity contribution >= 4 is 11.9 Å². The molecule has 0 unspecified atom stereocenters. The number of carbonyl (C=O) groups is 2. The van der Waals surface area contributed by atoms with Crippen LogP contribution in [0.4, 0.5) is 4.39 Å². The lowest BCUT2D eigenvalue weighted by molar-refractivity contribution is -0.166. The maximum atomic E-state index is 13.2. The molecule has 6 heteroatoms. The molecule has 0 amide bonds. The minimum absolute atomic E-state index is 0.178. The van der Waals surface area contributed by atoms with Gasteiger partial charge in [0.15, 0.2) is 0 Å². The molecule has 2 rings (SSSR count).